The van der Waals surface area contributed by atoms with E-state index in [4.69, 9.17) is 11.1 Å². The van der Waals surface area contributed by atoms with Gasteiger partial charge in [-0.3, -0.25) is 4.98 Å². The van der Waals surface area contributed by atoms with Crippen molar-refractivity contribution in [1.29, 1.82) is 0 Å². The van der Waals surface area contributed by atoms with Gasteiger partial charge in [0.05, 0.1) is 0 Å². The van der Waals surface area contributed by atoms with Gasteiger partial charge in [0.1, 0.15) is 0 Å². The summed E-state index contributed by atoms with van der Waals surface area (Å²) in [6.45, 7) is 2.26. The quantitative estimate of drug-likeness (QED) is 0.421. The van der Waals surface area contributed by atoms with Gasteiger partial charge in [-0.1, -0.05) is 23.2 Å². The van der Waals surface area contributed by atoms with Crippen LogP contribution in [0.5, 0.6) is 0 Å². The maximum absolute atomic E-state index is 8.34. The van der Waals surface area contributed by atoms with Crippen LogP contribution in [0.4, 0.5) is 0 Å². The second-order valence-electron chi connectivity index (χ2n) is 3.55. The molecule has 0 bridgehead atoms. The summed E-state index contributed by atoms with van der Waals surface area (Å²) in [5.41, 5.74) is 16.9. The molecule has 0 aromatic carbocycles. The third-order valence-electron chi connectivity index (χ3n) is 2.25. The molecule has 1 rings (SSSR count). The summed E-state index contributed by atoms with van der Waals surface area (Å²) in [6.07, 6.45) is 1.65. The van der Waals surface area contributed by atoms with Gasteiger partial charge in [0.15, 0.2) is 0 Å². The predicted molar refractivity (Wildman–Crippen MR) is 59.6 cm³/mol. The van der Waals surface area contributed by atoms with Gasteiger partial charge in [0.25, 0.3) is 0 Å². The molecule has 0 aliphatic carbocycles. The van der Waals surface area contributed by atoms with E-state index >= 15 is 0 Å². The molecule has 7 nitrogen and oxygen atoms in total. The largest absolute Gasteiger partial charge is 0.261 e. The molecule has 82 valence electrons. The number of nitrogens with zero attached hydrogens (tertiary/aromatic N) is 7. The Hall–Kier alpha value is -2.23. The normalized spacial score (nSPS) is 13.1. The zero-order chi connectivity index (χ0) is 11.9. The highest BCUT2D eigenvalue weighted by atomic mass is 15.2. The third-order valence-corrected chi connectivity index (χ3v) is 2.25. The van der Waals surface area contributed by atoms with Gasteiger partial charge in [-0.15, -0.1) is 0 Å². The van der Waals surface area contributed by atoms with E-state index in [0.29, 0.717) is 0 Å². The van der Waals surface area contributed by atoms with Gasteiger partial charge < -0.3 is 0 Å². The summed E-state index contributed by atoms with van der Waals surface area (Å²) in [4.78, 5) is 9.62. The highest BCUT2D eigenvalue weighted by Crippen LogP contribution is 2.22. The molecule has 0 fully saturated rings. The lowest BCUT2D eigenvalue weighted by Crippen LogP contribution is -2.30. The summed E-state index contributed by atoms with van der Waals surface area (Å²) < 4.78 is 0. The molecule has 1 aromatic rings. The van der Waals surface area contributed by atoms with Crippen molar-refractivity contribution in [1.82, 2.24) is 4.98 Å². The first-order chi connectivity index (χ1) is 7.73. The number of hydrogen-bond acceptors (Lipinski definition) is 3. The van der Waals surface area contributed by atoms with Crippen molar-refractivity contribution in [3.63, 3.8) is 0 Å². The fraction of sp³-hybridized carbons (Fsp3) is 0.444. The standard InChI is InChI=1S/C9H11N7/c1-9(6-13-15-10,7-14-16-11)8-4-2-3-5-12-8/h2-5H,6-7H2,1H3. The number of azide groups is 2. The van der Waals surface area contributed by atoms with Gasteiger partial charge in [-0.2, -0.15) is 0 Å². The molecule has 1 aromatic heterocycles. The van der Waals surface area contributed by atoms with Gasteiger partial charge in [0.2, 0.25) is 0 Å². The number of aromatic nitrogens is 1. The maximum Gasteiger partial charge on any atom is 0.0465 e. The topological polar surface area (TPSA) is 110 Å². The van der Waals surface area contributed by atoms with Gasteiger partial charge >= 0.3 is 0 Å². The van der Waals surface area contributed by atoms with Crippen molar-refractivity contribution in [3.05, 3.63) is 51.0 Å². The molecule has 7 heteroatoms. The van der Waals surface area contributed by atoms with Crippen molar-refractivity contribution >= 4 is 0 Å². The van der Waals surface area contributed by atoms with E-state index < -0.39 is 5.41 Å². The van der Waals surface area contributed by atoms with Crippen molar-refractivity contribution in [2.75, 3.05) is 13.1 Å². The first kappa shape index (κ1) is 11.8. The molecule has 0 aliphatic rings. The molecule has 1 heterocycles. The monoisotopic (exact) mass is 217 g/mol. The summed E-state index contributed by atoms with van der Waals surface area (Å²) in [7, 11) is 0. The van der Waals surface area contributed by atoms with Crippen LogP contribution in [-0.4, -0.2) is 18.1 Å². The van der Waals surface area contributed by atoms with Crippen LogP contribution < -0.4 is 0 Å². The van der Waals surface area contributed by atoms with Crippen LogP contribution in [-0.2, 0) is 5.41 Å². The van der Waals surface area contributed by atoms with E-state index in [1.165, 1.54) is 0 Å². The first-order valence-corrected chi connectivity index (χ1v) is 4.66. The molecule has 0 unspecified atom stereocenters. The highest BCUT2D eigenvalue weighted by molar-refractivity contribution is 5.17. The summed E-state index contributed by atoms with van der Waals surface area (Å²) in [5.74, 6) is 0. The van der Waals surface area contributed by atoms with E-state index in [2.05, 4.69) is 25.0 Å². The fourth-order valence-electron chi connectivity index (χ4n) is 1.31. The van der Waals surface area contributed by atoms with Gasteiger partial charge in [0, 0.05) is 40.2 Å². The van der Waals surface area contributed by atoms with Crippen molar-refractivity contribution < 1.29 is 0 Å². The van der Waals surface area contributed by atoms with Crippen LogP contribution in [0.25, 0.3) is 20.9 Å². The molecule has 0 N–H and O–H groups in total. The Morgan fingerprint density at radius 2 is 1.88 bits per heavy atom. The molecule has 0 spiro atoms. The number of hydrogen-bond donors (Lipinski definition) is 0. The highest BCUT2D eigenvalue weighted by Gasteiger charge is 2.26. The molecule has 0 aliphatic heterocycles. The SMILES string of the molecule is CC(CN=[N+]=[N-])(CN=[N+]=[N-])c1ccccn1. The van der Waals surface area contributed by atoms with Crippen LogP contribution in [0.2, 0.25) is 0 Å². The lowest BCUT2D eigenvalue weighted by Gasteiger charge is -2.24. The minimum atomic E-state index is -0.556. The van der Waals surface area contributed by atoms with Crippen molar-refractivity contribution in [2.45, 2.75) is 12.3 Å². The molecular formula is C9H11N7. The first-order valence-electron chi connectivity index (χ1n) is 4.66. The van der Waals surface area contributed by atoms with Gasteiger partial charge in [-0.05, 0) is 23.2 Å². The predicted octanol–water partition coefficient (Wildman–Crippen LogP) is 2.96. The molecule has 0 saturated heterocycles. The van der Waals surface area contributed by atoms with Crippen LogP contribution in [0, 0.1) is 0 Å². The Morgan fingerprint density at radius 1 is 1.25 bits per heavy atom. The molecular weight excluding hydrogens is 206 g/mol. The zero-order valence-corrected chi connectivity index (χ0v) is 8.85. The Kier molecular flexibility index (Phi) is 4.15. The average Bonchev–Trinajstić information content (AvgIpc) is 2.35. The lowest BCUT2D eigenvalue weighted by molar-refractivity contribution is 0.480. The fourth-order valence-corrected chi connectivity index (χ4v) is 1.31. The molecule has 0 atom stereocenters. The Bertz CT molecular complexity index is 408. The van der Waals surface area contributed by atoms with E-state index in [-0.39, 0.29) is 13.1 Å². The smallest absolute Gasteiger partial charge is 0.0465 e. The van der Waals surface area contributed by atoms with E-state index in [9.17, 15) is 0 Å². The van der Waals surface area contributed by atoms with Crippen LogP contribution in [0.3, 0.4) is 0 Å². The molecule has 0 radical (unpaired) electrons. The minimum Gasteiger partial charge on any atom is -0.261 e. The van der Waals surface area contributed by atoms with Gasteiger partial charge in [-0.25, -0.2) is 0 Å². The van der Waals surface area contributed by atoms with E-state index in [1.54, 1.807) is 12.3 Å². The lowest BCUT2D eigenvalue weighted by atomic mass is 9.86. The molecule has 16 heavy (non-hydrogen) atoms. The Labute approximate surface area is 92.4 Å². The van der Waals surface area contributed by atoms with Crippen LogP contribution in [0.15, 0.2) is 34.6 Å². The Balaban J connectivity index is 3.02. The van der Waals surface area contributed by atoms with Crippen LogP contribution >= 0.6 is 0 Å². The van der Waals surface area contributed by atoms with E-state index in [1.807, 2.05) is 19.1 Å². The third kappa shape index (κ3) is 2.88. The van der Waals surface area contributed by atoms with E-state index in [0.717, 1.165) is 5.69 Å². The van der Waals surface area contributed by atoms with Crippen LogP contribution in [0.1, 0.15) is 12.6 Å². The Morgan fingerprint density at radius 3 is 2.31 bits per heavy atom. The van der Waals surface area contributed by atoms with Crippen molar-refractivity contribution in [2.24, 2.45) is 10.2 Å². The second-order valence-corrected chi connectivity index (χ2v) is 3.55. The summed E-state index contributed by atoms with van der Waals surface area (Å²) in [6, 6.07) is 5.46. The summed E-state index contributed by atoms with van der Waals surface area (Å²) >= 11 is 0. The zero-order valence-electron chi connectivity index (χ0n) is 8.85. The minimum absolute atomic E-state index is 0.208. The molecule has 0 amide bonds. The molecule has 0 saturated carbocycles. The average molecular weight is 217 g/mol. The summed E-state index contributed by atoms with van der Waals surface area (Å²) in [5, 5.41) is 7.06. The number of rotatable bonds is 5. The maximum atomic E-state index is 8.34. The van der Waals surface area contributed by atoms with Crippen molar-refractivity contribution in [3.8, 4) is 0 Å². The number of pyridine rings is 1. The second kappa shape index (κ2) is 5.60.